The second-order valence-electron chi connectivity index (χ2n) is 4.71. The van der Waals surface area contributed by atoms with Gasteiger partial charge < -0.3 is 5.32 Å². The highest BCUT2D eigenvalue weighted by Gasteiger charge is 2.31. The summed E-state index contributed by atoms with van der Waals surface area (Å²) in [7, 11) is 0. The molecule has 0 bridgehead atoms. The van der Waals surface area contributed by atoms with E-state index in [4.69, 9.17) is 0 Å². The summed E-state index contributed by atoms with van der Waals surface area (Å²) >= 11 is 1.58. The van der Waals surface area contributed by atoms with Crippen LogP contribution in [0.25, 0.3) is 0 Å². The number of amidine groups is 1. The molecule has 5 heteroatoms. The van der Waals surface area contributed by atoms with E-state index in [1.807, 2.05) is 6.92 Å². The van der Waals surface area contributed by atoms with Crippen LogP contribution in [0, 0.1) is 5.41 Å². The molecule has 0 aromatic heterocycles. The molecule has 1 amide bonds. The van der Waals surface area contributed by atoms with Gasteiger partial charge in [0.2, 0.25) is 5.91 Å². The summed E-state index contributed by atoms with van der Waals surface area (Å²) in [6, 6.07) is 0. The molecule has 0 aromatic carbocycles. The summed E-state index contributed by atoms with van der Waals surface area (Å²) in [5.74, 6) is 0.0418. The van der Waals surface area contributed by atoms with Crippen LogP contribution in [0.5, 0.6) is 0 Å². The molecule has 1 aliphatic rings. The fourth-order valence-corrected chi connectivity index (χ4v) is 2.08. The molecule has 0 saturated heterocycles. The Morgan fingerprint density at radius 3 is 2.73 bits per heavy atom. The first-order chi connectivity index (χ1) is 6.93. The molecule has 86 valence electrons. The normalized spacial score (nSPS) is 20.8. The summed E-state index contributed by atoms with van der Waals surface area (Å²) in [5, 5.41) is 7.82. The molecule has 1 unspecified atom stereocenters. The molecule has 4 nitrogen and oxygen atoms in total. The average Bonchev–Trinajstić information content (AvgIpc) is 2.52. The number of hydrogen-bond donors (Lipinski definition) is 2. The van der Waals surface area contributed by atoms with Crippen molar-refractivity contribution in [1.29, 1.82) is 0 Å². The van der Waals surface area contributed by atoms with Gasteiger partial charge in [0.25, 0.3) is 0 Å². The Balaban J connectivity index is 2.39. The van der Waals surface area contributed by atoms with Crippen LogP contribution in [0.3, 0.4) is 0 Å². The van der Waals surface area contributed by atoms with Crippen molar-refractivity contribution in [3.05, 3.63) is 0 Å². The van der Waals surface area contributed by atoms with Gasteiger partial charge in [0.15, 0.2) is 5.17 Å². The Bertz CT molecular complexity index is 270. The second kappa shape index (κ2) is 4.88. The van der Waals surface area contributed by atoms with E-state index in [0.29, 0.717) is 11.6 Å². The zero-order valence-electron chi connectivity index (χ0n) is 9.76. The van der Waals surface area contributed by atoms with E-state index in [1.54, 1.807) is 11.8 Å². The summed E-state index contributed by atoms with van der Waals surface area (Å²) in [4.78, 5) is 11.3. The lowest BCUT2D eigenvalue weighted by Crippen LogP contribution is -2.32. The number of rotatable bonds is 2. The monoisotopic (exact) mass is 229 g/mol. The summed E-state index contributed by atoms with van der Waals surface area (Å²) < 4.78 is 0. The number of thioether (sulfide) groups is 1. The molecule has 1 atom stereocenters. The molecule has 1 rings (SSSR count). The van der Waals surface area contributed by atoms with Gasteiger partial charge in [-0.1, -0.05) is 39.5 Å². The van der Waals surface area contributed by atoms with E-state index in [-0.39, 0.29) is 16.7 Å². The maximum absolute atomic E-state index is 11.3. The molecular formula is C10H19N3OS. The fraction of sp³-hybridized carbons (Fsp3) is 0.800. The predicted molar refractivity (Wildman–Crippen MR) is 64.5 cm³/mol. The zero-order chi connectivity index (χ0) is 11.5. The van der Waals surface area contributed by atoms with Crippen LogP contribution in [0.4, 0.5) is 0 Å². The van der Waals surface area contributed by atoms with Gasteiger partial charge in [-0.2, -0.15) is 5.10 Å². The van der Waals surface area contributed by atoms with Crippen molar-refractivity contribution < 1.29 is 4.79 Å². The third-order valence-electron chi connectivity index (χ3n) is 2.02. The molecule has 0 fully saturated rings. The Kier molecular flexibility index (Phi) is 4.02. The first-order valence-electron chi connectivity index (χ1n) is 5.23. The molecule has 0 radical (unpaired) electrons. The number of nitrogens with zero attached hydrogens (tertiary/aromatic N) is 1. The van der Waals surface area contributed by atoms with Gasteiger partial charge in [0.1, 0.15) is 5.37 Å². The third-order valence-corrected chi connectivity index (χ3v) is 3.49. The van der Waals surface area contributed by atoms with Gasteiger partial charge in [-0.25, -0.2) is 0 Å². The number of hydrazone groups is 1. The topological polar surface area (TPSA) is 53.5 Å². The molecule has 1 heterocycles. The van der Waals surface area contributed by atoms with Crippen LogP contribution in [-0.4, -0.2) is 16.4 Å². The average molecular weight is 229 g/mol. The van der Waals surface area contributed by atoms with Crippen LogP contribution < -0.4 is 10.7 Å². The minimum absolute atomic E-state index is 0.0418. The SMILES string of the molecule is CCCC(=O)NC1=NNC(C(C)(C)C)S1. The maximum atomic E-state index is 11.3. The first-order valence-corrected chi connectivity index (χ1v) is 6.11. The number of amides is 1. The smallest absolute Gasteiger partial charge is 0.225 e. The van der Waals surface area contributed by atoms with E-state index >= 15 is 0 Å². The van der Waals surface area contributed by atoms with Crippen molar-refractivity contribution in [1.82, 2.24) is 10.7 Å². The number of hydrogen-bond acceptors (Lipinski definition) is 4. The fourth-order valence-electron chi connectivity index (χ4n) is 1.12. The molecule has 2 N–H and O–H groups in total. The molecule has 0 aliphatic carbocycles. The highest BCUT2D eigenvalue weighted by molar-refractivity contribution is 8.14. The van der Waals surface area contributed by atoms with Crippen molar-refractivity contribution in [2.75, 3.05) is 0 Å². The minimum Gasteiger partial charge on any atom is -0.304 e. The van der Waals surface area contributed by atoms with Gasteiger partial charge in [-0.15, -0.1) is 0 Å². The lowest BCUT2D eigenvalue weighted by molar-refractivity contribution is -0.119. The van der Waals surface area contributed by atoms with Gasteiger partial charge in [-0.3, -0.25) is 10.2 Å². The molecule has 0 aromatic rings. The van der Waals surface area contributed by atoms with E-state index in [1.165, 1.54) is 0 Å². The standard InChI is InChI=1S/C10H19N3OS/c1-5-6-7(14)11-9-13-12-8(15-9)10(2,3)4/h8,12H,5-6H2,1-4H3,(H,11,13,14). The van der Waals surface area contributed by atoms with Crippen LogP contribution in [0.15, 0.2) is 5.10 Å². The molecule has 0 spiro atoms. The Labute approximate surface area is 95.3 Å². The van der Waals surface area contributed by atoms with E-state index < -0.39 is 0 Å². The minimum atomic E-state index is 0.0418. The van der Waals surface area contributed by atoms with Crippen molar-refractivity contribution in [2.45, 2.75) is 45.9 Å². The first kappa shape index (κ1) is 12.4. The van der Waals surface area contributed by atoms with Crippen molar-refractivity contribution in [2.24, 2.45) is 10.5 Å². The third kappa shape index (κ3) is 3.74. The number of nitrogens with one attached hydrogen (secondary N) is 2. The van der Waals surface area contributed by atoms with Gasteiger partial charge >= 0.3 is 0 Å². The Morgan fingerprint density at radius 2 is 2.27 bits per heavy atom. The molecule has 0 saturated carbocycles. The molecule has 1 aliphatic heterocycles. The summed E-state index contributed by atoms with van der Waals surface area (Å²) in [6.45, 7) is 8.41. The van der Waals surface area contributed by atoms with E-state index in [2.05, 4.69) is 36.6 Å². The second-order valence-corrected chi connectivity index (χ2v) is 5.80. The highest BCUT2D eigenvalue weighted by Crippen LogP contribution is 2.31. The molecule has 15 heavy (non-hydrogen) atoms. The van der Waals surface area contributed by atoms with Gasteiger partial charge in [0.05, 0.1) is 0 Å². The number of carbonyl (C=O) groups excluding carboxylic acids is 1. The zero-order valence-corrected chi connectivity index (χ0v) is 10.6. The Morgan fingerprint density at radius 1 is 1.60 bits per heavy atom. The number of carbonyl (C=O) groups is 1. The molecular weight excluding hydrogens is 210 g/mol. The van der Waals surface area contributed by atoms with Crippen molar-refractivity contribution >= 4 is 22.8 Å². The largest absolute Gasteiger partial charge is 0.304 e. The lowest BCUT2D eigenvalue weighted by Gasteiger charge is -2.24. The summed E-state index contributed by atoms with van der Waals surface area (Å²) in [5.41, 5.74) is 3.16. The van der Waals surface area contributed by atoms with E-state index in [9.17, 15) is 4.79 Å². The van der Waals surface area contributed by atoms with Crippen LogP contribution >= 0.6 is 11.8 Å². The van der Waals surface area contributed by atoms with Crippen LogP contribution in [0.2, 0.25) is 0 Å². The van der Waals surface area contributed by atoms with Crippen molar-refractivity contribution in [3.63, 3.8) is 0 Å². The maximum Gasteiger partial charge on any atom is 0.225 e. The van der Waals surface area contributed by atoms with Crippen LogP contribution in [-0.2, 0) is 4.79 Å². The van der Waals surface area contributed by atoms with E-state index in [0.717, 1.165) is 6.42 Å². The van der Waals surface area contributed by atoms with Crippen LogP contribution in [0.1, 0.15) is 40.5 Å². The lowest BCUT2D eigenvalue weighted by atomic mass is 9.97. The van der Waals surface area contributed by atoms with Crippen molar-refractivity contribution in [3.8, 4) is 0 Å². The Hall–Kier alpha value is -0.710. The summed E-state index contributed by atoms with van der Waals surface area (Å²) in [6.07, 6.45) is 1.42. The predicted octanol–water partition coefficient (Wildman–Crippen LogP) is 1.88. The van der Waals surface area contributed by atoms with Gasteiger partial charge in [0, 0.05) is 6.42 Å². The highest BCUT2D eigenvalue weighted by atomic mass is 32.2. The quantitative estimate of drug-likeness (QED) is 0.760. The van der Waals surface area contributed by atoms with Gasteiger partial charge in [-0.05, 0) is 11.8 Å².